The molecule has 0 aliphatic heterocycles. The van der Waals surface area contributed by atoms with Crippen molar-refractivity contribution < 1.29 is 0 Å². The van der Waals surface area contributed by atoms with E-state index in [1.165, 1.54) is 11.1 Å². The maximum atomic E-state index is 4.47. The third-order valence-electron chi connectivity index (χ3n) is 4.88. The molecule has 0 radical (unpaired) electrons. The molecule has 142 valence electrons. The first-order valence-electron chi connectivity index (χ1n) is 9.54. The van der Waals surface area contributed by atoms with E-state index in [9.17, 15) is 0 Å². The number of imidazole rings is 1. The quantitative estimate of drug-likeness (QED) is 0.485. The number of nitrogens with zero attached hydrogens (tertiary/aromatic N) is 5. The molecule has 6 heteroatoms. The molecular weight excluding hydrogens is 360 g/mol. The number of pyridine rings is 1. The summed E-state index contributed by atoms with van der Waals surface area (Å²) in [6.45, 7) is 1.56. The Morgan fingerprint density at radius 2 is 1.66 bits per heavy atom. The molecule has 3 heterocycles. The zero-order chi connectivity index (χ0) is 19.5. The Morgan fingerprint density at radius 3 is 2.52 bits per heavy atom. The van der Waals surface area contributed by atoms with Crippen LogP contribution in [0.3, 0.4) is 0 Å². The zero-order valence-corrected chi connectivity index (χ0v) is 15.8. The highest BCUT2D eigenvalue weighted by Crippen LogP contribution is 2.18. The SMILES string of the molecule is c1ccc2c(c1)ncn2-c1ccc(CNCc2ccnc(-n3cccn3)c2)cc1. The van der Waals surface area contributed by atoms with Crippen LogP contribution in [0.15, 0.2) is 91.6 Å². The van der Waals surface area contributed by atoms with E-state index >= 15 is 0 Å². The van der Waals surface area contributed by atoms with Gasteiger partial charge in [0.2, 0.25) is 0 Å². The van der Waals surface area contributed by atoms with Crippen LogP contribution >= 0.6 is 0 Å². The van der Waals surface area contributed by atoms with Crippen LogP contribution in [0.2, 0.25) is 0 Å². The molecule has 0 aliphatic carbocycles. The second-order valence-corrected chi connectivity index (χ2v) is 6.85. The lowest BCUT2D eigenvalue weighted by molar-refractivity contribution is 0.691. The molecular formula is C23H20N6. The van der Waals surface area contributed by atoms with Gasteiger partial charge in [-0.05, 0) is 53.6 Å². The minimum absolute atomic E-state index is 0.769. The Hall–Kier alpha value is -3.77. The monoisotopic (exact) mass is 380 g/mol. The lowest BCUT2D eigenvalue weighted by Crippen LogP contribution is -2.13. The van der Waals surface area contributed by atoms with E-state index in [0.29, 0.717) is 0 Å². The summed E-state index contributed by atoms with van der Waals surface area (Å²) in [7, 11) is 0. The molecule has 0 saturated heterocycles. The number of nitrogens with one attached hydrogen (secondary N) is 1. The minimum Gasteiger partial charge on any atom is -0.309 e. The van der Waals surface area contributed by atoms with Gasteiger partial charge in [0.15, 0.2) is 5.82 Å². The smallest absolute Gasteiger partial charge is 0.153 e. The van der Waals surface area contributed by atoms with Gasteiger partial charge < -0.3 is 5.32 Å². The predicted molar refractivity (Wildman–Crippen MR) is 113 cm³/mol. The molecule has 0 spiro atoms. The third-order valence-corrected chi connectivity index (χ3v) is 4.88. The number of fused-ring (bicyclic) bond motifs is 1. The molecule has 5 rings (SSSR count). The molecule has 1 N–H and O–H groups in total. The topological polar surface area (TPSA) is 60.6 Å². The fraction of sp³-hybridized carbons (Fsp3) is 0.0870. The van der Waals surface area contributed by atoms with Gasteiger partial charge in [-0.3, -0.25) is 4.57 Å². The first-order chi connectivity index (χ1) is 14.4. The molecule has 0 atom stereocenters. The Balaban J connectivity index is 1.24. The van der Waals surface area contributed by atoms with E-state index in [-0.39, 0.29) is 0 Å². The molecule has 5 aromatic rings. The van der Waals surface area contributed by atoms with Crippen molar-refractivity contribution >= 4 is 11.0 Å². The number of rotatable bonds is 6. The van der Waals surface area contributed by atoms with Gasteiger partial charge in [-0.2, -0.15) is 5.10 Å². The standard InChI is InChI=1S/C23H20N6/c1-2-5-22-21(4-1)26-17-28(22)20-8-6-18(7-9-20)15-24-16-19-10-12-25-23(14-19)29-13-3-11-27-29/h1-14,17,24H,15-16H2. The normalized spacial score (nSPS) is 11.2. The molecule has 0 unspecified atom stereocenters. The van der Waals surface area contributed by atoms with Gasteiger partial charge in [-0.1, -0.05) is 24.3 Å². The van der Waals surface area contributed by atoms with E-state index < -0.39 is 0 Å². The summed E-state index contributed by atoms with van der Waals surface area (Å²) < 4.78 is 3.88. The predicted octanol–water partition coefficient (Wildman–Crippen LogP) is 3.90. The molecule has 0 fully saturated rings. The summed E-state index contributed by atoms with van der Waals surface area (Å²) in [5.74, 6) is 0.825. The van der Waals surface area contributed by atoms with Crippen LogP contribution in [0, 0.1) is 0 Å². The molecule has 0 aliphatic rings. The van der Waals surface area contributed by atoms with E-state index in [1.54, 1.807) is 10.9 Å². The van der Waals surface area contributed by atoms with Gasteiger partial charge in [-0.25, -0.2) is 14.6 Å². The van der Waals surface area contributed by atoms with Crippen LogP contribution in [-0.4, -0.2) is 24.3 Å². The van der Waals surface area contributed by atoms with Gasteiger partial charge in [0.25, 0.3) is 0 Å². The van der Waals surface area contributed by atoms with Crippen molar-refractivity contribution in [3.8, 4) is 11.5 Å². The maximum absolute atomic E-state index is 4.47. The average Bonchev–Trinajstić information content (AvgIpc) is 3.45. The lowest BCUT2D eigenvalue weighted by Gasteiger charge is -2.09. The van der Waals surface area contributed by atoms with Crippen LogP contribution in [0.25, 0.3) is 22.5 Å². The van der Waals surface area contributed by atoms with Crippen molar-refractivity contribution in [2.45, 2.75) is 13.1 Å². The molecule has 2 aromatic carbocycles. The van der Waals surface area contributed by atoms with E-state index in [0.717, 1.165) is 35.6 Å². The van der Waals surface area contributed by atoms with Gasteiger partial charge >= 0.3 is 0 Å². The number of hydrogen-bond donors (Lipinski definition) is 1. The first kappa shape index (κ1) is 17.3. The van der Waals surface area contributed by atoms with Gasteiger partial charge in [-0.15, -0.1) is 0 Å². The van der Waals surface area contributed by atoms with E-state index in [4.69, 9.17) is 0 Å². The molecule has 0 amide bonds. The summed E-state index contributed by atoms with van der Waals surface area (Å²) in [4.78, 5) is 8.83. The van der Waals surface area contributed by atoms with E-state index in [1.807, 2.05) is 55.1 Å². The fourth-order valence-electron chi connectivity index (χ4n) is 3.39. The lowest BCUT2D eigenvalue weighted by atomic mass is 10.2. The molecule has 3 aromatic heterocycles. The number of para-hydroxylation sites is 2. The Morgan fingerprint density at radius 1 is 0.793 bits per heavy atom. The second-order valence-electron chi connectivity index (χ2n) is 6.85. The summed E-state index contributed by atoms with van der Waals surface area (Å²) in [6.07, 6.45) is 7.34. The van der Waals surface area contributed by atoms with Crippen LogP contribution in [0.1, 0.15) is 11.1 Å². The van der Waals surface area contributed by atoms with Crippen LogP contribution < -0.4 is 5.32 Å². The molecule has 6 nitrogen and oxygen atoms in total. The summed E-state index contributed by atoms with van der Waals surface area (Å²) in [6, 6.07) is 22.7. The first-order valence-corrected chi connectivity index (χ1v) is 9.54. The fourth-order valence-corrected chi connectivity index (χ4v) is 3.39. The van der Waals surface area contributed by atoms with Crippen LogP contribution in [0.5, 0.6) is 0 Å². The third kappa shape index (κ3) is 3.66. The van der Waals surface area contributed by atoms with Crippen molar-refractivity contribution in [2.24, 2.45) is 0 Å². The Kier molecular flexibility index (Phi) is 4.60. The zero-order valence-electron chi connectivity index (χ0n) is 15.8. The highest BCUT2D eigenvalue weighted by Gasteiger charge is 2.04. The van der Waals surface area contributed by atoms with Crippen molar-refractivity contribution in [1.82, 2.24) is 29.6 Å². The molecule has 0 saturated carbocycles. The molecule has 29 heavy (non-hydrogen) atoms. The van der Waals surface area contributed by atoms with Crippen LogP contribution in [0.4, 0.5) is 0 Å². The van der Waals surface area contributed by atoms with Crippen molar-refractivity contribution in [1.29, 1.82) is 0 Å². The average molecular weight is 380 g/mol. The number of benzene rings is 2. The maximum Gasteiger partial charge on any atom is 0.153 e. The number of hydrogen-bond acceptors (Lipinski definition) is 4. The van der Waals surface area contributed by atoms with Crippen molar-refractivity contribution in [3.63, 3.8) is 0 Å². The van der Waals surface area contributed by atoms with Gasteiger partial charge in [0.1, 0.15) is 6.33 Å². The van der Waals surface area contributed by atoms with Crippen LogP contribution in [-0.2, 0) is 13.1 Å². The summed E-state index contributed by atoms with van der Waals surface area (Å²) in [5, 5.41) is 7.73. The molecule has 0 bridgehead atoms. The van der Waals surface area contributed by atoms with Gasteiger partial charge in [0, 0.05) is 37.4 Å². The van der Waals surface area contributed by atoms with Gasteiger partial charge in [0.05, 0.1) is 11.0 Å². The Bertz CT molecular complexity index is 1220. The Labute approximate surface area is 168 Å². The van der Waals surface area contributed by atoms with Crippen molar-refractivity contribution in [2.75, 3.05) is 0 Å². The second kappa shape index (κ2) is 7.69. The minimum atomic E-state index is 0.769. The van der Waals surface area contributed by atoms with E-state index in [2.05, 4.69) is 55.3 Å². The number of aromatic nitrogens is 5. The van der Waals surface area contributed by atoms with Crippen molar-refractivity contribution in [3.05, 3.63) is 103 Å². The largest absolute Gasteiger partial charge is 0.309 e. The highest BCUT2D eigenvalue weighted by atomic mass is 15.3. The summed E-state index contributed by atoms with van der Waals surface area (Å²) in [5.41, 5.74) is 5.64. The highest BCUT2D eigenvalue weighted by molar-refractivity contribution is 5.77. The summed E-state index contributed by atoms with van der Waals surface area (Å²) >= 11 is 0.